The molecule has 0 bridgehead atoms. The second-order valence-corrected chi connectivity index (χ2v) is 3.13. The molecule has 0 radical (unpaired) electrons. The second kappa shape index (κ2) is 4.65. The van der Waals surface area contributed by atoms with Gasteiger partial charge in [0.25, 0.3) is 0 Å². The number of carbonyl (C=O) groups excluding carboxylic acids is 1. The molecule has 1 rings (SSSR count). The van der Waals surface area contributed by atoms with Crippen LogP contribution in [0.1, 0.15) is 31.1 Å². The van der Waals surface area contributed by atoms with Gasteiger partial charge >= 0.3 is 6.09 Å². The van der Waals surface area contributed by atoms with E-state index in [0.29, 0.717) is 0 Å². The van der Waals surface area contributed by atoms with E-state index in [2.05, 4.69) is 6.92 Å². The van der Waals surface area contributed by atoms with E-state index in [9.17, 15) is 4.79 Å². The van der Waals surface area contributed by atoms with Crippen LogP contribution in [-0.4, -0.2) is 6.09 Å². The van der Waals surface area contributed by atoms with Crippen molar-refractivity contribution in [1.82, 2.24) is 0 Å². The molecule has 1 aromatic rings. The zero-order valence-electron chi connectivity index (χ0n) is 8.49. The van der Waals surface area contributed by atoms with Crippen LogP contribution in [0.25, 0.3) is 0 Å². The summed E-state index contributed by atoms with van der Waals surface area (Å²) in [4.78, 5) is 10.6. The van der Waals surface area contributed by atoms with Crippen molar-refractivity contribution >= 4 is 6.09 Å². The van der Waals surface area contributed by atoms with E-state index in [4.69, 9.17) is 10.5 Å². The summed E-state index contributed by atoms with van der Waals surface area (Å²) in [5.74, 6) is 0. The fraction of sp³-hybridized carbons (Fsp3) is 0.364. The third-order valence-electron chi connectivity index (χ3n) is 2.17. The Hall–Kier alpha value is -1.51. The quantitative estimate of drug-likeness (QED) is 0.801. The number of carbonyl (C=O) groups is 1. The Labute approximate surface area is 83.9 Å². The molecule has 0 spiro atoms. The smallest absolute Gasteiger partial charge is 0.405 e. The van der Waals surface area contributed by atoms with E-state index >= 15 is 0 Å². The lowest BCUT2D eigenvalue weighted by Gasteiger charge is -2.14. The van der Waals surface area contributed by atoms with Gasteiger partial charge in [0.2, 0.25) is 0 Å². The molecule has 1 unspecified atom stereocenters. The molecule has 3 heteroatoms. The van der Waals surface area contributed by atoms with E-state index < -0.39 is 6.09 Å². The van der Waals surface area contributed by atoms with Gasteiger partial charge in [-0.3, -0.25) is 0 Å². The molecule has 0 aliphatic carbocycles. The number of amides is 1. The molecule has 76 valence electrons. The first-order valence-electron chi connectivity index (χ1n) is 4.69. The van der Waals surface area contributed by atoms with Crippen LogP contribution in [0.5, 0.6) is 0 Å². The van der Waals surface area contributed by atoms with Gasteiger partial charge in [0.05, 0.1) is 0 Å². The van der Waals surface area contributed by atoms with Crippen LogP contribution in [0, 0.1) is 0 Å². The lowest BCUT2D eigenvalue weighted by atomic mass is 10.0. The van der Waals surface area contributed by atoms with E-state index in [-0.39, 0.29) is 6.10 Å². The number of benzene rings is 1. The Balaban J connectivity index is 2.87. The van der Waals surface area contributed by atoms with Gasteiger partial charge in [-0.05, 0) is 24.5 Å². The first-order valence-corrected chi connectivity index (χ1v) is 4.69. The molecule has 0 heterocycles. The van der Waals surface area contributed by atoms with Gasteiger partial charge in [-0.15, -0.1) is 0 Å². The van der Waals surface area contributed by atoms with Gasteiger partial charge in [0.1, 0.15) is 6.10 Å². The summed E-state index contributed by atoms with van der Waals surface area (Å²) in [6.45, 7) is 3.88. The first kappa shape index (κ1) is 10.6. The third kappa shape index (κ3) is 2.49. The monoisotopic (exact) mass is 193 g/mol. The molecule has 0 fully saturated rings. The average molecular weight is 193 g/mol. The Morgan fingerprint density at radius 1 is 1.50 bits per heavy atom. The van der Waals surface area contributed by atoms with Crippen LogP contribution in [0.2, 0.25) is 0 Å². The minimum Gasteiger partial charge on any atom is -0.442 e. The van der Waals surface area contributed by atoms with E-state index in [1.54, 1.807) is 0 Å². The summed E-state index contributed by atoms with van der Waals surface area (Å²) in [5.41, 5.74) is 7.16. The maximum atomic E-state index is 10.6. The first-order chi connectivity index (χ1) is 6.65. The second-order valence-electron chi connectivity index (χ2n) is 3.13. The zero-order valence-corrected chi connectivity index (χ0v) is 8.49. The van der Waals surface area contributed by atoms with Crippen molar-refractivity contribution in [2.24, 2.45) is 5.73 Å². The van der Waals surface area contributed by atoms with E-state index in [0.717, 1.165) is 12.0 Å². The largest absolute Gasteiger partial charge is 0.442 e. The van der Waals surface area contributed by atoms with Crippen LogP contribution >= 0.6 is 0 Å². The van der Waals surface area contributed by atoms with Crippen molar-refractivity contribution in [3.8, 4) is 0 Å². The lowest BCUT2D eigenvalue weighted by molar-refractivity contribution is 0.116. The molecule has 0 aliphatic rings. The van der Waals surface area contributed by atoms with Crippen LogP contribution < -0.4 is 5.73 Å². The summed E-state index contributed by atoms with van der Waals surface area (Å²) < 4.78 is 4.92. The van der Waals surface area contributed by atoms with Crippen molar-refractivity contribution in [2.75, 3.05) is 0 Å². The highest BCUT2D eigenvalue weighted by Gasteiger charge is 2.11. The minimum absolute atomic E-state index is 0.274. The van der Waals surface area contributed by atoms with Gasteiger partial charge in [-0.25, -0.2) is 4.79 Å². The van der Waals surface area contributed by atoms with Crippen molar-refractivity contribution in [3.05, 3.63) is 35.4 Å². The Bertz CT molecular complexity index is 323. The Morgan fingerprint density at radius 3 is 2.71 bits per heavy atom. The SMILES string of the molecule is CCc1ccccc1C(C)OC(N)=O. The average Bonchev–Trinajstić information content (AvgIpc) is 2.16. The van der Waals surface area contributed by atoms with E-state index in [1.807, 2.05) is 31.2 Å². The number of hydrogen-bond acceptors (Lipinski definition) is 2. The van der Waals surface area contributed by atoms with Crippen molar-refractivity contribution in [3.63, 3.8) is 0 Å². The maximum Gasteiger partial charge on any atom is 0.405 e. The predicted octanol–water partition coefficient (Wildman–Crippen LogP) is 2.41. The maximum absolute atomic E-state index is 10.6. The molecular weight excluding hydrogens is 178 g/mol. The normalized spacial score (nSPS) is 12.1. The van der Waals surface area contributed by atoms with Gasteiger partial charge in [-0.1, -0.05) is 31.2 Å². The molecule has 0 saturated carbocycles. The highest BCUT2D eigenvalue weighted by atomic mass is 16.6. The number of ether oxygens (including phenoxy) is 1. The topological polar surface area (TPSA) is 52.3 Å². The number of nitrogens with two attached hydrogens (primary N) is 1. The molecule has 1 aromatic carbocycles. The summed E-state index contributed by atoms with van der Waals surface area (Å²) in [5, 5.41) is 0. The van der Waals surface area contributed by atoms with Crippen LogP contribution in [-0.2, 0) is 11.2 Å². The van der Waals surface area contributed by atoms with E-state index in [1.165, 1.54) is 5.56 Å². The Morgan fingerprint density at radius 2 is 2.14 bits per heavy atom. The number of hydrogen-bond donors (Lipinski definition) is 1. The number of rotatable bonds is 3. The third-order valence-corrected chi connectivity index (χ3v) is 2.17. The fourth-order valence-corrected chi connectivity index (χ4v) is 1.49. The molecule has 1 amide bonds. The molecule has 0 aliphatic heterocycles. The van der Waals surface area contributed by atoms with Gasteiger partial charge < -0.3 is 10.5 Å². The molecule has 1 atom stereocenters. The Kier molecular flexibility index (Phi) is 3.51. The van der Waals surface area contributed by atoms with Gasteiger partial charge in [0, 0.05) is 0 Å². The lowest BCUT2D eigenvalue weighted by Crippen LogP contribution is -2.16. The number of aryl methyl sites for hydroxylation is 1. The van der Waals surface area contributed by atoms with Crippen LogP contribution in [0.3, 0.4) is 0 Å². The molecule has 0 saturated heterocycles. The minimum atomic E-state index is -0.733. The van der Waals surface area contributed by atoms with Crippen molar-refractivity contribution in [2.45, 2.75) is 26.4 Å². The predicted molar refractivity (Wildman–Crippen MR) is 54.9 cm³/mol. The van der Waals surface area contributed by atoms with Gasteiger partial charge in [0.15, 0.2) is 0 Å². The summed E-state index contributed by atoms with van der Waals surface area (Å²) in [6, 6.07) is 7.87. The highest BCUT2D eigenvalue weighted by molar-refractivity contribution is 5.65. The number of primary amides is 1. The highest BCUT2D eigenvalue weighted by Crippen LogP contribution is 2.21. The molecule has 2 N–H and O–H groups in total. The molecular formula is C11H15NO2. The standard InChI is InChI=1S/C11H15NO2/c1-3-9-6-4-5-7-10(9)8(2)14-11(12)13/h4-8H,3H2,1-2H3,(H2,12,13). The molecule has 0 aromatic heterocycles. The molecule has 3 nitrogen and oxygen atoms in total. The van der Waals surface area contributed by atoms with Gasteiger partial charge in [-0.2, -0.15) is 0 Å². The van der Waals surface area contributed by atoms with Crippen LogP contribution in [0.15, 0.2) is 24.3 Å². The van der Waals surface area contributed by atoms with Crippen LogP contribution in [0.4, 0.5) is 4.79 Å². The molecule has 14 heavy (non-hydrogen) atoms. The summed E-state index contributed by atoms with van der Waals surface area (Å²) in [7, 11) is 0. The zero-order chi connectivity index (χ0) is 10.6. The van der Waals surface area contributed by atoms with Crippen molar-refractivity contribution in [1.29, 1.82) is 0 Å². The fourth-order valence-electron chi connectivity index (χ4n) is 1.49. The van der Waals surface area contributed by atoms with Crippen molar-refractivity contribution < 1.29 is 9.53 Å². The summed E-state index contributed by atoms with van der Waals surface area (Å²) >= 11 is 0. The summed E-state index contributed by atoms with van der Waals surface area (Å²) in [6.07, 6.45) is -0.0881.